The highest BCUT2D eigenvalue weighted by atomic mass is 16.6. The van der Waals surface area contributed by atoms with Crippen LogP contribution in [0.3, 0.4) is 0 Å². The van der Waals surface area contributed by atoms with Crippen LogP contribution in [0.15, 0.2) is 30.3 Å². The van der Waals surface area contributed by atoms with Gasteiger partial charge in [-0.15, -0.1) is 0 Å². The Bertz CT molecular complexity index is 540. The Kier molecular flexibility index (Phi) is 6.44. The third kappa shape index (κ3) is 5.06. The molecule has 130 valence electrons. The lowest BCUT2D eigenvalue weighted by atomic mass is 9.97. The third-order valence-electron chi connectivity index (χ3n) is 4.54. The van der Waals surface area contributed by atoms with E-state index < -0.39 is 11.7 Å². The Morgan fingerprint density at radius 1 is 1.38 bits per heavy atom. The van der Waals surface area contributed by atoms with Gasteiger partial charge < -0.3 is 14.4 Å². The number of ether oxygens (including phenoxy) is 2. The molecule has 3 unspecified atom stereocenters. The number of morpholine rings is 1. The molecule has 0 bridgehead atoms. The van der Waals surface area contributed by atoms with Gasteiger partial charge in [-0.2, -0.15) is 0 Å². The average molecular weight is 330 g/mol. The Labute approximate surface area is 146 Å². The van der Waals surface area contributed by atoms with E-state index in [4.69, 9.17) is 17.3 Å². The van der Waals surface area contributed by atoms with Gasteiger partial charge in [-0.25, -0.2) is 0 Å². The summed E-state index contributed by atoms with van der Waals surface area (Å²) in [4.78, 5) is 15.4. The van der Waals surface area contributed by atoms with Gasteiger partial charge in [0.1, 0.15) is 13.6 Å². The maximum Gasteiger partial charge on any atom is 0.219 e. The summed E-state index contributed by atoms with van der Waals surface area (Å²) in [6.07, 6.45) is 0.545. The maximum absolute atomic E-state index is 11.6. The predicted octanol–water partition coefficient (Wildman–Crippen LogP) is 1.27. The number of benzene rings is 1. The molecule has 3 atom stereocenters. The molecule has 6 heteroatoms. The van der Waals surface area contributed by atoms with E-state index in [0.717, 1.165) is 6.42 Å². The lowest BCUT2D eigenvalue weighted by Gasteiger charge is -2.41. The lowest BCUT2D eigenvalue weighted by Crippen LogP contribution is -2.53. The summed E-state index contributed by atoms with van der Waals surface area (Å²) >= 11 is 0. The standard InChI is InChI=1S/C18H27BN2O3/c1-14(22)21-11-16(24-17(19)12-21)13-23-18(2,20(3)4)10-15-8-6-5-7-9-15/h5-9,16-17H,10-13H2,1-4H3. The molecule has 1 aliphatic rings. The summed E-state index contributed by atoms with van der Waals surface area (Å²) in [5.41, 5.74) is 0.744. The topological polar surface area (TPSA) is 42.0 Å². The van der Waals surface area contributed by atoms with E-state index in [-0.39, 0.29) is 12.0 Å². The zero-order chi connectivity index (χ0) is 17.7. The van der Waals surface area contributed by atoms with Crippen molar-refractivity contribution in [2.75, 3.05) is 33.8 Å². The fourth-order valence-electron chi connectivity index (χ4n) is 2.81. The minimum absolute atomic E-state index is 0.0124. The van der Waals surface area contributed by atoms with E-state index in [1.165, 1.54) is 5.56 Å². The first-order valence-corrected chi connectivity index (χ1v) is 8.32. The first kappa shape index (κ1) is 19.0. The second-order valence-corrected chi connectivity index (χ2v) is 6.76. The van der Waals surface area contributed by atoms with Crippen LogP contribution in [0.5, 0.6) is 0 Å². The largest absolute Gasteiger partial charge is 0.379 e. The van der Waals surface area contributed by atoms with Crippen molar-refractivity contribution in [1.29, 1.82) is 0 Å². The van der Waals surface area contributed by atoms with Crippen LogP contribution in [-0.4, -0.2) is 75.2 Å². The average Bonchev–Trinajstić information content (AvgIpc) is 2.53. The summed E-state index contributed by atoms with van der Waals surface area (Å²) in [5, 5.41) is 0. The number of hydrogen-bond donors (Lipinski definition) is 0. The highest BCUT2D eigenvalue weighted by molar-refractivity contribution is 6.11. The van der Waals surface area contributed by atoms with E-state index in [2.05, 4.69) is 24.0 Å². The van der Waals surface area contributed by atoms with Gasteiger partial charge in [0.2, 0.25) is 5.91 Å². The summed E-state index contributed by atoms with van der Waals surface area (Å²) in [6.45, 7) is 4.94. The van der Waals surface area contributed by atoms with Crippen molar-refractivity contribution in [1.82, 2.24) is 9.80 Å². The second kappa shape index (κ2) is 8.14. The molecule has 1 fully saturated rings. The molecule has 0 N–H and O–H groups in total. The molecule has 5 nitrogen and oxygen atoms in total. The number of carbonyl (C=O) groups excluding carboxylic acids is 1. The molecular formula is C18H27BN2O3. The van der Waals surface area contributed by atoms with E-state index in [0.29, 0.717) is 19.7 Å². The Morgan fingerprint density at radius 2 is 2.04 bits per heavy atom. The lowest BCUT2D eigenvalue weighted by molar-refractivity contribution is -0.171. The van der Waals surface area contributed by atoms with Gasteiger partial charge in [0.15, 0.2) is 0 Å². The monoisotopic (exact) mass is 330 g/mol. The quantitative estimate of drug-likeness (QED) is 0.582. The minimum Gasteiger partial charge on any atom is -0.379 e. The van der Waals surface area contributed by atoms with Crippen molar-refractivity contribution in [3.8, 4) is 0 Å². The zero-order valence-electron chi connectivity index (χ0n) is 15.1. The van der Waals surface area contributed by atoms with E-state index in [9.17, 15) is 4.79 Å². The van der Waals surface area contributed by atoms with E-state index in [1.807, 2.05) is 32.3 Å². The summed E-state index contributed by atoms with van der Waals surface area (Å²) in [7, 11) is 9.89. The van der Waals surface area contributed by atoms with Crippen LogP contribution < -0.4 is 0 Å². The molecule has 0 aromatic heterocycles. The summed E-state index contributed by atoms with van der Waals surface area (Å²) < 4.78 is 12.0. The fourth-order valence-corrected chi connectivity index (χ4v) is 2.81. The predicted molar refractivity (Wildman–Crippen MR) is 94.9 cm³/mol. The molecule has 1 amide bonds. The van der Waals surface area contributed by atoms with E-state index >= 15 is 0 Å². The van der Waals surface area contributed by atoms with Gasteiger partial charge in [-0.1, -0.05) is 30.3 Å². The molecule has 0 aliphatic carbocycles. The molecule has 2 radical (unpaired) electrons. The fraction of sp³-hybridized carbons (Fsp3) is 0.611. The number of nitrogens with zero attached hydrogens (tertiary/aromatic N) is 2. The summed E-state index contributed by atoms with van der Waals surface area (Å²) in [5.74, 6) is 0.0124. The SMILES string of the molecule is [B]C1CN(C(C)=O)CC(COC(C)(Cc2ccccc2)N(C)C)O1. The number of rotatable bonds is 6. The summed E-state index contributed by atoms with van der Waals surface area (Å²) in [6, 6.07) is 9.78. The molecule has 2 rings (SSSR count). The maximum atomic E-state index is 11.6. The van der Waals surface area contributed by atoms with Gasteiger partial charge >= 0.3 is 0 Å². The van der Waals surface area contributed by atoms with Crippen molar-refractivity contribution in [2.45, 2.75) is 38.1 Å². The highest BCUT2D eigenvalue weighted by Crippen LogP contribution is 2.22. The number of hydrogen-bond acceptors (Lipinski definition) is 4. The van der Waals surface area contributed by atoms with E-state index in [1.54, 1.807) is 11.8 Å². The molecule has 1 aromatic rings. The van der Waals surface area contributed by atoms with Crippen molar-refractivity contribution >= 4 is 13.8 Å². The number of amides is 1. The Morgan fingerprint density at radius 3 is 2.62 bits per heavy atom. The van der Waals surface area contributed by atoms with Crippen LogP contribution in [0.1, 0.15) is 19.4 Å². The van der Waals surface area contributed by atoms with Crippen molar-refractivity contribution in [3.63, 3.8) is 0 Å². The molecule has 0 spiro atoms. The normalized spacial score (nSPS) is 24.0. The van der Waals surface area contributed by atoms with Crippen LogP contribution in [0.2, 0.25) is 0 Å². The van der Waals surface area contributed by atoms with Crippen LogP contribution in [0, 0.1) is 0 Å². The molecule has 24 heavy (non-hydrogen) atoms. The van der Waals surface area contributed by atoms with Gasteiger partial charge in [-0.3, -0.25) is 9.69 Å². The first-order chi connectivity index (χ1) is 11.3. The van der Waals surface area contributed by atoms with Crippen LogP contribution in [-0.2, 0) is 20.7 Å². The van der Waals surface area contributed by atoms with Gasteiger partial charge in [-0.05, 0) is 26.6 Å². The van der Waals surface area contributed by atoms with Crippen molar-refractivity contribution in [2.24, 2.45) is 0 Å². The van der Waals surface area contributed by atoms with Crippen LogP contribution >= 0.6 is 0 Å². The highest BCUT2D eigenvalue weighted by Gasteiger charge is 2.32. The molecule has 1 heterocycles. The third-order valence-corrected chi connectivity index (χ3v) is 4.54. The van der Waals surface area contributed by atoms with Crippen molar-refractivity contribution in [3.05, 3.63) is 35.9 Å². The molecular weight excluding hydrogens is 303 g/mol. The molecule has 1 aliphatic heterocycles. The second-order valence-electron chi connectivity index (χ2n) is 6.76. The van der Waals surface area contributed by atoms with Crippen molar-refractivity contribution < 1.29 is 14.3 Å². The Balaban J connectivity index is 1.99. The van der Waals surface area contributed by atoms with Gasteiger partial charge in [0.05, 0.1) is 12.7 Å². The molecule has 1 aromatic carbocycles. The van der Waals surface area contributed by atoms with Gasteiger partial charge in [0, 0.05) is 32.4 Å². The van der Waals surface area contributed by atoms with Gasteiger partial charge in [0.25, 0.3) is 0 Å². The zero-order valence-corrected chi connectivity index (χ0v) is 15.1. The number of carbonyl (C=O) groups is 1. The molecule has 0 saturated carbocycles. The smallest absolute Gasteiger partial charge is 0.219 e. The first-order valence-electron chi connectivity index (χ1n) is 8.32. The number of likely N-dealkylation sites (N-methyl/N-ethyl adjacent to an activating group) is 1. The minimum atomic E-state index is -0.465. The van der Waals surface area contributed by atoms with Crippen LogP contribution in [0.4, 0.5) is 0 Å². The van der Waals surface area contributed by atoms with Crippen LogP contribution in [0.25, 0.3) is 0 Å². The molecule has 1 saturated heterocycles. The Hall–Kier alpha value is -1.37.